The average Bonchev–Trinajstić information content (AvgIpc) is 3.02. The van der Waals surface area contributed by atoms with Crippen molar-refractivity contribution in [1.82, 2.24) is 4.90 Å². The molecule has 1 aliphatic heterocycles. The molecular weight excluding hydrogens is 413 g/mol. The van der Waals surface area contributed by atoms with Crippen LogP contribution in [0.25, 0.3) is 21.6 Å². The molecule has 0 N–H and O–H groups in total. The summed E-state index contributed by atoms with van der Waals surface area (Å²) >= 11 is 3.42. The minimum atomic E-state index is -0.193. The molecule has 2 aromatic carbocycles. The first-order valence-corrected chi connectivity index (χ1v) is 10.7. The van der Waals surface area contributed by atoms with Gasteiger partial charge < -0.3 is 9.64 Å². The molecule has 28 heavy (non-hydrogen) atoms. The van der Waals surface area contributed by atoms with Crippen LogP contribution in [0.2, 0.25) is 0 Å². The van der Waals surface area contributed by atoms with Gasteiger partial charge >= 0.3 is 0 Å². The Balaban J connectivity index is 0.00000225. The van der Waals surface area contributed by atoms with E-state index in [4.69, 9.17) is 4.74 Å². The second kappa shape index (κ2) is 9.42. The van der Waals surface area contributed by atoms with Gasteiger partial charge in [0.2, 0.25) is 0 Å². The number of ether oxygens (including phenoxy) is 1. The molecule has 0 saturated heterocycles. The van der Waals surface area contributed by atoms with E-state index in [0.717, 1.165) is 34.9 Å². The van der Waals surface area contributed by atoms with Crippen molar-refractivity contribution in [1.29, 1.82) is 0 Å². The summed E-state index contributed by atoms with van der Waals surface area (Å²) in [5.41, 5.74) is 3.37. The zero-order chi connectivity index (χ0) is 18.8. The lowest BCUT2D eigenvalue weighted by molar-refractivity contribution is 0.115. The Bertz CT molecular complexity index is 957. The van der Waals surface area contributed by atoms with Crippen molar-refractivity contribution in [2.75, 3.05) is 27.2 Å². The Labute approximate surface area is 180 Å². The normalized spacial score (nSPS) is 12.0. The monoisotopic (exact) mass is 435 g/mol. The maximum absolute atomic E-state index is 14.0. The van der Waals surface area contributed by atoms with Crippen molar-refractivity contribution in [3.05, 3.63) is 59.2 Å². The minimum absolute atomic E-state index is 0. The summed E-state index contributed by atoms with van der Waals surface area (Å²) in [7, 11) is 4.14. The van der Waals surface area contributed by atoms with Crippen LogP contribution in [-0.4, -0.2) is 32.1 Å². The third-order valence-corrected chi connectivity index (χ3v) is 6.80. The van der Waals surface area contributed by atoms with Crippen LogP contribution in [0, 0.1) is 5.82 Å². The Morgan fingerprint density at radius 2 is 1.75 bits per heavy atom. The fourth-order valence-electron chi connectivity index (χ4n) is 3.23. The maximum atomic E-state index is 14.0. The summed E-state index contributed by atoms with van der Waals surface area (Å²) in [5.74, 6) is -0.193. The van der Waals surface area contributed by atoms with Gasteiger partial charge in [0.05, 0.1) is 6.61 Å². The van der Waals surface area contributed by atoms with E-state index in [1.807, 2.05) is 6.07 Å². The molecule has 148 valence electrons. The molecule has 0 bridgehead atoms. The van der Waals surface area contributed by atoms with Crippen molar-refractivity contribution < 1.29 is 9.13 Å². The number of fused-ring (bicyclic) bond motifs is 5. The standard InChI is InChI=1S/C22H22FNOS2.ClH/c1-24(2)10-5-11-25-14-16-13-18-17-6-3-4-7-20(17)27-21-9-8-15(23)12-19(21)22(18)26-16;/h3-4,6-9,12-13H,5,10-11,14H2,1-2H3;1H. The molecule has 0 spiro atoms. The fourth-order valence-corrected chi connectivity index (χ4v) is 5.52. The maximum Gasteiger partial charge on any atom is 0.123 e. The van der Waals surface area contributed by atoms with Crippen molar-refractivity contribution in [2.24, 2.45) is 0 Å². The van der Waals surface area contributed by atoms with E-state index in [1.165, 1.54) is 20.9 Å². The predicted molar refractivity (Wildman–Crippen MR) is 119 cm³/mol. The summed E-state index contributed by atoms with van der Waals surface area (Å²) in [6, 6.07) is 15.7. The van der Waals surface area contributed by atoms with Crippen molar-refractivity contribution >= 4 is 35.5 Å². The lowest BCUT2D eigenvalue weighted by atomic mass is 10.0. The van der Waals surface area contributed by atoms with Gasteiger partial charge in [-0.2, -0.15) is 0 Å². The molecule has 1 aliphatic rings. The first kappa shape index (κ1) is 21.3. The van der Waals surface area contributed by atoms with E-state index < -0.39 is 0 Å². The minimum Gasteiger partial charge on any atom is -0.376 e. The Kier molecular flexibility index (Phi) is 7.18. The molecule has 1 aromatic heterocycles. The summed E-state index contributed by atoms with van der Waals surface area (Å²) in [6.07, 6.45) is 1.02. The smallest absolute Gasteiger partial charge is 0.123 e. The molecule has 3 aromatic rings. The quantitative estimate of drug-likeness (QED) is 0.317. The Morgan fingerprint density at radius 3 is 2.57 bits per heavy atom. The lowest BCUT2D eigenvalue weighted by Crippen LogP contribution is -2.14. The van der Waals surface area contributed by atoms with Crippen molar-refractivity contribution in [2.45, 2.75) is 22.8 Å². The van der Waals surface area contributed by atoms with E-state index in [-0.39, 0.29) is 18.2 Å². The number of thiophene rings is 1. The van der Waals surface area contributed by atoms with Gasteiger partial charge in [0, 0.05) is 37.3 Å². The van der Waals surface area contributed by atoms with Crippen molar-refractivity contribution in [3.63, 3.8) is 0 Å². The van der Waals surface area contributed by atoms with Crippen LogP contribution in [0.4, 0.5) is 4.39 Å². The number of halogens is 2. The van der Waals surface area contributed by atoms with E-state index in [0.29, 0.717) is 6.61 Å². The number of hydrogen-bond donors (Lipinski definition) is 0. The van der Waals surface area contributed by atoms with Crippen LogP contribution in [0.15, 0.2) is 58.3 Å². The van der Waals surface area contributed by atoms with E-state index >= 15 is 0 Å². The van der Waals surface area contributed by atoms with E-state index in [2.05, 4.69) is 49.3 Å². The highest BCUT2D eigenvalue weighted by molar-refractivity contribution is 7.99. The molecule has 0 fully saturated rings. The van der Waals surface area contributed by atoms with Crippen LogP contribution in [0.1, 0.15) is 11.3 Å². The van der Waals surface area contributed by atoms with Gasteiger partial charge in [-0.15, -0.1) is 23.7 Å². The van der Waals surface area contributed by atoms with Gasteiger partial charge in [-0.3, -0.25) is 0 Å². The predicted octanol–water partition coefficient (Wildman–Crippen LogP) is 6.58. The van der Waals surface area contributed by atoms with Gasteiger partial charge in [-0.05, 0) is 63.0 Å². The molecule has 0 aliphatic carbocycles. The fraction of sp³-hybridized carbons (Fsp3) is 0.273. The molecule has 0 atom stereocenters. The zero-order valence-corrected chi connectivity index (χ0v) is 18.4. The molecular formula is C22H23ClFNOS2. The van der Waals surface area contributed by atoms with Gasteiger partial charge in [-0.25, -0.2) is 4.39 Å². The summed E-state index contributed by atoms with van der Waals surface area (Å²) in [4.78, 5) is 6.79. The van der Waals surface area contributed by atoms with Gasteiger partial charge in [0.25, 0.3) is 0 Å². The van der Waals surface area contributed by atoms with E-state index in [1.54, 1.807) is 35.2 Å². The van der Waals surface area contributed by atoms with Gasteiger partial charge in [0.1, 0.15) is 5.82 Å². The largest absolute Gasteiger partial charge is 0.376 e. The average molecular weight is 436 g/mol. The SMILES string of the molecule is CN(C)CCCOCc1cc2c(s1)-c1cc(F)ccc1Sc1ccccc1-2.Cl. The topological polar surface area (TPSA) is 12.5 Å². The lowest BCUT2D eigenvalue weighted by Gasteiger charge is -2.09. The molecule has 0 saturated carbocycles. The van der Waals surface area contributed by atoms with Crippen LogP contribution in [0.3, 0.4) is 0 Å². The first-order valence-electron chi connectivity index (χ1n) is 9.04. The van der Waals surface area contributed by atoms with Crippen LogP contribution < -0.4 is 0 Å². The van der Waals surface area contributed by atoms with Crippen LogP contribution >= 0.6 is 35.5 Å². The highest BCUT2D eigenvalue weighted by atomic mass is 35.5. The number of benzene rings is 2. The molecule has 0 radical (unpaired) electrons. The van der Waals surface area contributed by atoms with Crippen LogP contribution in [-0.2, 0) is 11.3 Å². The van der Waals surface area contributed by atoms with Gasteiger partial charge in [0.15, 0.2) is 0 Å². The molecule has 0 amide bonds. The van der Waals surface area contributed by atoms with Crippen LogP contribution in [0.5, 0.6) is 0 Å². The van der Waals surface area contributed by atoms with E-state index in [9.17, 15) is 4.39 Å². The highest BCUT2D eigenvalue weighted by Gasteiger charge is 2.22. The Morgan fingerprint density at radius 1 is 0.964 bits per heavy atom. The third-order valence-electron chi connectivity index (χ3n) is 4.50. The zero-order valence-electron chi connectivity index (χ0n) is 15.9. The second-order valence-corrected chi connectivity index (χ2v) is 9.12. The van der Waals surface area contributed by atoms with Crippen molar-refractivity contribution in [3.8, 4) is 21.6 Å². The third kappa shape index (κ3) is 4.61. The Hall–Kier alpha value is -1.37. The molecule has 4 rings (SSSR count). The number of nitrogens with zero attached hydrogens (tertiary/aromatic N) is 1. The summed E-state index contributed by atoms with van der Waals surface area (Å²) in [5, 5.41) is 0. The first-order chi connectivity index (χ1) is 13.1. The number of hydrogen-bond acceptors (Lipinski definition) is 4. The van der Waals surface area contributed by atoms with Gasteiger partial charge in [-0.1, -0.05) is 30.0 Å². The molecule has 0 unspecified atom stereocenters. The second-order valence-electron chi connectivity index (χ2n) is 6.90. The molecule has 2 nitrogen and oxygen atoms in total. The molecule has 6 heteroatoms. The highest BCUT2D eigenvalue weighted by Crippen LogP contribution is 2.51. The summed E-state index contributed by atoms with van der Waals surface area (Å²) in [6.45, 7) is 2.38. The summed E-state index contributed by atoms with van der Waals surface area (Å²) < 4.78 is 19.9. The number of rotatable bonds is 6. The molecule has 2 heterocycles.